The zero-order valence-corrected chi connectivity index (χ0v) is 10.2. The second kappa shape index (κ2) is 5.37. The smallest absolute Gasteiger partial charge is 0.133 e. The van der Waals surface area contributed by atoms with E-state index < -0.39 is 0 Å². The molecule has 3 heteroatoms. The van der Waals surface area contributed by atoms with Crippen molar-refractivity contribution in [3.63, 3.8) is 0 Å². The van der Waals surface area contributed by atoms with Crippen molar-refractivity contribution in [1.82, 2.24) is 0 Å². The lowest BCUT2D eigenvalue weighted by atomic mass is 10.0. The molecule has 0 bridgehead atoms. The number of nitrogens with two attached hydrogens (primary N) is 1. The van der Waals surface area contributed by atoms with Crippen LogP contribution in [0.4, 0.5) is 0 Å². The fraction of sp³-hybridized carbons (Fsp3) is 0.455. The molecule has 0 atom stereocenters. The fourth-order valence-electron chi connectivity index (χ4n) is 1.44. The second-order valence-electron chi connectivity index (χ2n) is 3.27. The van der Waals surface area contributed by atoms with Crippen LogP contribution in [-0.4, -0.2) is 13.7 Å². The summed E-state index contributed by atoms with van der Waals surface area (Å²) in [5, 5.41) is 0. The van der Waals surface area contributed by atoms with E-state index in [0.29, 0.717) is 0 Å². The van der Waals surface area contributed by atoms with Crippen molar-refractivity contribution >= 4 is 15.9 Å². The van der Waals surface area contributed by atoms with Gasteiger partial charge in [0.1, 0.15) is 5.75 Å². The van der Waals surface area contributed by atoms with Gasteiger partial charge in [0.05, 0.1) is 11.6 Å². The van der Waals surface area contributed by atoms with Crippen LogP contribution in [0.15, 0.2) is 16.6 Å². The Balaban J connectivity index is 2.99. The molecule has 0 fully saturated rings. The highest BCUT2D eigenvalue weighted by atomic mass is 79.9. The topological polar surface area (TPSA) is 35.2 Å². The molecule has 0 aromatic heterocycles. The van der Waals surface area contributed by atoms with E-state index in [1.807, 2.05) is 6.07 Å². The van der Waals surface area contributed by atoms with Crippen molar-refractivity contribution in [1.29, 1.82) is 0 Å². The molecule has 1 rings (SSSR count). The van der Waals surface area contributed by atoms with Crippen molar-refractivity contribution in [2.75, 3.05) is 13.7 Å². The molecule has 0 spiro atoms. The Labute approximate surface area is 93.6 Å². The van der Waals surface area contributed by atoms with Crippen LogP contribution in [0.1, 0.15) is 17.5 Å². The van der Waals surface area contributed by atoms with E-state index >= 15 is 0 Å². The van der Waals surface area contributed by atoms with Crippen molar-refractivity contribution in [2.24, 2.45) is 5.73 Å². The number of ether oxygens (including phenoxy) is 1. The maximum Gasteiger partial charge on any atom is 0.133 e. The number of rotatable bonds is 4. The summed E-state index contributed by atoms with van der Waals surface area (Å²) in [7, 11) is 1.68. The Morgan fingerprint density at radius 2 is 2.14 bits per heavy atom. The van der Waals surface area contributed by atoms with E-state index in [-0.39, 0.29) is 0 Å². The van der Waals surface area contributed by atoms with E-state index in [9.17, 15) is 0 Å². The molecule has 2 N–H and O–H groups in total. The zero-order chi connectivity index (χ0) is 10.6. The largest absolute Gasteiger partial charge is 0.496 e. The molecule has 1 aromatic carbocycles. The average Bonchev–Trinajstić information content (AvgIpc) is 2.18. The third-order valence-electron chi connectivity index (χ3n) is 2.29. The molecular weight excluding hydrogens is 242 g/mol. The number of hydrogen-bond donors (Lipinski definition) is 1. The third-order valence-corrected chi connectivity index (χ3v) is 3.16. The third kappa shape index (κ3) is 2.49. The summed E-state index contributed by atoms with van der Waals surface area (Å²) in [5.41, 5.74) is 8.08. The molecular formula is C11H16BrNO. The average molecular weight is 258 g/mol. The normalized spacial score (nSPS) is 10.3. The molecule has 78 valence electrons. The van der Waals surface area contributed by atoms with Crippen molar-refractivity contribution < 1.29 is 4.74 Å². The first-order valence-corrected chi connectivity index (χ1v) is 5.52. The highest BCUT2D eigenvalue weighted by Crippen LogP contribution is 2.31. The van der Waals surface area contributed by atoms with Gasteiger partial charge in [-0.1, -0.05) is 6.07 Å². The van der Waals surface area contributed by atoms with Gasteiger partial charge < -0.3 is 10.5 Å². The van der Waals surface area contributed by atoms with Crippen molar-refractivity contribution in [2.45, 2.75) is 19.8 Å². The summed E-state index contributed by atoms with van der Waals surface area (Å²) in [6.45, 7) is 2.83. The highest BCUT2D eigenvalue weighted by Gasteiger charge is 2.08. The molecule has 0 unspecified atom stereocenters. The van der Waals surface area contributed by atoms with Crippen LogP contribution >= 0.6 is 15.9 Å². The van der Waals surface area contributed by atoms with Crippen LogP contribution in [0.2, 0.25) is 0 Å². The standard InChI is InChI=1S/C11H16BrNO/c1-8-5-6-10(14-2)11(12)9(8)4-3-7-13/h5-6H,3-4,7,13H2,1-2H3. The number of methoxy groups -OCH3 is 1. The molecule has 0 amide bonds. The van der Waals surface area contributed by atoms with Gasteiger partial charge in [-0.3, -0.25) is 0 Å². The molecule has 0 aliphatic rings. The highest BCUT2D eigenvalue weighted by molar-refractivity contribution is 9.10. The lowest BCUT2D eigenvalue weighted by Gasteiger charge is -2.11. The predicted octanol–water partition coefficient (Wildman–Crippen LogP) is 2.66. The van der Waals surface area contributed by atoms with Gasteiger partial charge in [0.2, 0.25) is 0 Å². The molecule has 1 aromatic rings. The molecule has 2 nitrogen and oxygen atoms in total. The van der Waals surface area contributed by atoms with Gasteiger partial charge in [0.15, 0.2) is 0 Å². The maximum atomic E-state index is 5.50. The summed E-state index contributed by atoms with van der Waals surface area (Å²) >= 11 is 3.56. The second-order valence-corrected chi connectivity index (χ2v) is 4.06. The summed E-state index contributed by atoms with van der Waals surface area (Å²) < 4.78 is 6.31. The van der Waals surface area contributed by atoms with E-state index in [1.54, 1.807) is 7.11 Å². The quantitative estimate of drug-likeness (QED) is 0.901. The van der Waals surface area contributed by atoms with Gasteiger partial charge in [-0.05, 0) is 59.4 Å². The zero-order valence-electron chi connectivity index (χ0n) is 8.64. The van der Waals surface area contributed by atoms with Crippen LogP contribution in [0, 0.1) is 6.92 Å². The predicted molar refractivity (Wildman–Crippen MR) is 62.8 cm³/mol. The van der Waals surface area contributed by atoms with Crippen LogP contribution < -0.4 is 10.5 Å². The van der Waals surface area contributed by atoms with E-state index in [1.165, 1.54) is 11.1 Å². The molecule has 0 heterocycles. The minimum Gasteiger partial charge on any atom is -0.496 e. The summed E-state index contributed by atoms with van der Waals surface area (Å²) in [6.07, 6.45) is 2.01. The molecule has 0 radical (unpaired) electrons. The first kappa shape index (κ1) is 11.5. The van der Waals surface area contributed by atoms with Crippen LogP contribution in [0.5, 0.6) is 5.75 Å². The summed E-state index contributed by atoms with van der Waals surface area (Å²) in [5.74, 6) is 0.891. The summed E-state index contributed by atoms with van der Waals surface area (Å²) in [6, 6.07) is 4.06. The van der Waals surface area contributed by atoms with E-state index in [2.05, 4.69) is 28.9 Å². The Kier molecular flexibility index (Phi) is 4.42. The molecule has 0 aliphatic carbocycles. The number of hydrogen-bond acceptors (Lipinski definition) is 2. The van der Waals surface area contributed by atoms with Gasteiger partial charge in [0, 0.05) is 0 Å². The molecule has 14 heavy (non-hydrogen) atoms. The lowest BCUT2D eigenvalue weighted by molar-refractivity contribution is 0.411. The molecule has 0 saturated heterocycles. The number of aryl methyl sites for hydroxylation is 1. The maximum absolute atomic E-state index is 5.50. The van der Waals surface area contributed by atoms with Gasteiger partial charge >= 0.3 is 0 Å². The minimum atomic E-state index is 0.725. The van der Waals surface area contributed by atoms with Gasteiger partial charge in [-0.25, -0.2) is 0 Å². The minimum absolute atomic E-state index is 0.725. The molecule has 0 aliphatic heterocycles. The Morgan fingerprint density at radius 3 is 2.71 bits per heavy atom. The van der Waals surface area contributed by atoms with Crippen LogP contribution in [-0.2, 0) is 6.42 Å². The SMILES string of the molecule is COc1ccc(C)c(CCCN)c1Br. The van der Waals surface area contributed by atoms with Crippen molar-refractivity contribution in [3.8, 4) is 5.75 Å². The first-order chi connectivity index (χ1) is 6.70. The fourth-order valence-corrected chi connectivity index (χ4v) is 2.24. The Bertz CT molecular complexity index is 312. The Hall–Kier alpha value is -0.540. The van der Waals surface area contributed by atoms with Gasteiger partial charge in [0.25, 0.3) is 0 Å². The number of benzene rings is 1. The monoisotopic (exact) mass is 257 g/mol. The van der Waals surface area contributed by atoms with Crippen molar-refractivity contribution in [3.05, 3.63) is 27.7 Å². The lowest BCUT2D eigenvalue weighted by Crippen LogP contribution is -2.02. The molecule has 0 saturated carbocycles. The van der Waals surface area contributed by atoms with E-state index in [0.717, 1.165) is 29.6 Å². The van der Waals surface area contributed by atoms with Gasteiger partial charge in [-0.2, -0.15) is 0 Å². The summed E-state index contributed by atoms with van der Waals surface area (Å²) in [4.78, 5) is 0. The van der Waals surface area contributed by atoms with E-state index in [4.69, 9.17) is 10.5 Å². The Morgan fingerprint density at radius 1 is 1.43 bits per heavy atom. The first-order valence-electron chi connectivity index (χ1n) is 4.72. The van der Waals surface area contributed by atoms with Crippen LogP contribution in [0.3, 0.4) is 0 Å². The van der Waals surface area contributed by atoms with Gasteiger partial charge in [-0.15, -0.1) is 0 Å². The van der Waals surface area contributed by atoms with Crippen LogP contribution in [0.25, 0.3) is 0 Å². The number of halogens is 1.